The molecule has 1 aliphatic carbocycles. The Labute approximate surface area is 95.4 Å². The van der Waals surface area contributed by atoms with E-state index in [1.807, 2.05) is 0 Å². The van der Waals surface area contributed by atoms with E-state index in [0.29, 0.717) is 12.8 Å². The van der Waals surface area contributed by atoms with Gasteiger partial charge < -0.3 is 10.2 Å². The molecule has 1 fully saturated rings. The second kappa shape index (κ2) is 3.70. The number of rotatable bonds is 3. The molecule has 1 aliphatic rings. The number of carboxylic acids is 1. The van der Waals surface area contributed by atoms with Crippen molar-refractivity contribution in [1.29, 1.82) is 0 Å². The molecule has 0 spiro atoms. The van der Waals surface area contributed by atoms with E-state index in [2.05, 4.69) is 0 Å². The lowest BCUT2D eigenvalue weighted by atomic mass is 9.73. The number of sulfone groups is 1. The average molecular weight is 250 g/mol. The van der Waals surface area contributed by atoms with Crippen molar-refractivity contribution in [2.45, 2.75) is 44.0 Å². The van der Waals surface area contributed by atoms with Crippen molar-refractivity contribution in [3.05, 3.63) is 0 Å². The van der Waals surface area contributed by atoms with E-state index in [-0.39, 0.29) is 6.42 Å². The molecule has 0 saturated heterocycles. The molecule has 0 aromatic carbocycles. The molecule has 16 heavy (non-hydrogen) atoms. The van der Waals surface area contributed by atoms with Gasteiger partial charge in [-0.15, -0.1) is 0 Å². The first-order valence-electron chi connectivity index (χ1n) is 5.18. The molecule has 2 unspecified atom stereocenters. The SMILES string of the molecule is CC(C)(C(=O)O)C1(O)CCCC1S(C)(=O)=O. The van der Waals surface area contributed by atoms with E-state index in [0.717, 1.165) is 6.26 Å². The highest BCUT2D eigenvalue weighted by Crippen LogP contribution is 2.46. The van der Waals surface area contributed by atoms with Crippen LogP contribution in [0.15, 0.2) is 0 Å². The summed E-state index contributed by atoms with van der Waals surface area (Å²) in [4.78, 5) is 11.1. The van der Waals surface area contributed by atoms with Gasteiger partial charge >= 0.3 is 5.97 Å². The number of carboxylic acid groups (broad SMARTS) is 1. The van der Waals surface area contributed by atoms with Crippen LogP contribution in [0, 0.1) is 5.41 Å². The second-order valence-corrected chi connectivity index (χ2v) is 7.29. The summed E-state index contributed by atoms with van der Waals surface area (Å²) in [6.07, 6.45) is 2.12. The highest BCUT2D eigenvalue weighted by atomic mass is 32.2. The van der Waals surface area contributed by atoms with Crippen LogP contribution >= 0.6 is 0 Å². The van der Waals surface area contributed by atoms with E-state index in [9.17, 15) is 18.3 Å². The number of aliphatic carboxylic acids is 1. The fraction of sp³-hybridized carbons (Fsp3) is 0.900. The molecule has 0 radical (unpaired) electrons. The molecule has 2 atom stereocenters. The van der Waals surface area contributed by atoms with Gasteiger partial charge in [0.1, 0.15) is 0 Å². The molecule has 0 bridgehead atoms. The van der Waals surface area contributed by atoms with Gasteiger partial charge in [0.15, 0.2) is 9.84 Å². The van der Waals surface area contributed by atoms with Gasteiger partial charge in [0.25, 0.3) is 0 Å². The van der Waals surface area contributed by atoms with Crippen molar-refractivity contribution in [2.75, 3.05) is 6.26 Å². The summed E-state index contributed by atoms with van der Waals surface area (Å²) >= 11 is 0. The lowest BCUT2D eigenvalue weighted by Gasteiger charge is -2.40. The van der Waals surface area contributed by atoms with Crippen molar-refractivity contribution < 1.29 is 23.4 Å². The van der Waals surface area contributed by atoms with Gasteiger partial charge in [-0.05, 0) is 33.1 Å². The molecular weight excluding hydrogens is 232 g/mol. The van der Waals surface area contributed by atoms with Gasteiger partial charge in [-0.1, -0.05) is 0 Å². The first kappa shape index (κ1) is 13.4. The Morgan fingerprint density at radius 3 is 2.31 bits per heavy atom. The fourth-order valence-corrected chi connectivity index (χ4v) is 4.14. The molecule has 1 saturated carbocycles. The van der Waals surface area contributed by atoms with E-state index < -0.39 is 32.1 Å². The van der Waals surface area contributed by atoms with E-state index in [1.165, 1.54) is 13.8 Å². The third-order valence-corrected chi connectivity index (χ3v) is 5.35. The maximum atomic E-state index is 11.6. The molecule has 0 aliphatic heterocycles. The van der Waals surface area contributed by atoms with Crippen LogP contribution in [0.25, 0.3) is 0 Å². The summed E-state index contributed by atoms with van der Waals surface area (Å²) < 4.78 is 23.1. The first-order chi connectivity index (χ1) is 7.03. The van der Waals surface area contributed by atoms with Crippen molar-refractivity contribution >= 4 is 15.8 Å². The average Bonchev–Trinajstić information content (AvgIpc) is 2.47. The second-order valence-electron chi connectivity index (χ2n) is 5.06. The van der Waals surface area contributed by atoms with Crippen LogP contribution in [0.5, 0.6) is 0 Å². The van der Waals surface area contributed by atoms with Gasteiger partial charge in [0.05, 0.1) is 16.3 Å². The molecule has 1 rings (SSSR count). The zero-order valence-electron chi connectivity index (χ0n) is 9.73. The lowest BCUT2D eigenvalue weighted by Crippen LogP contribution is -2.56. The van der Waals surface area contributed by atoms with Gasteiger partial charge in [-0.25, -0.2) is 8.42 Å². The quantitative estimate of drug-likeness (QED) is 0.757. The van der Waals surface area contributed by atoms with Crippen molar-refractivity contribution in [1.82, 2.24) is 0 Å². The zero-order chi connectivity index (χ0) is 12.8. The maximum Gasteiger partial charge on any atom is 0.312 e. The number of hydrogen-bond acceptors (Lipinski definition) is 4. The van der Waals surface area contributed by atoms with Crippen LogP contribution in [-0.2, 0) is 14.6 Å². The highest BCUT2D eigenvalue weighted by molar-refractivity contribution is 7.91. The molecule has 0 heterocycles. The summed E-state index contributed by atoms with van der Waals surface area (Å²) in [5.74, 6) is -1.18. The summed E-state index contributed by atoms with van der Waals surface area (Å²) in [7, 11) is -3.44. The predicted octanol–water partition coefficient (Wildman–Crippen LogP) is 0.425. The largest absolute Gasteiger partial charge is 0.481 e. The topological polar surface area (TPSA) is 91.7 Å². The Balaban J connectivity index is 3.24. The van der Waals surface area contributed by atoms with Crippen LogP contribution in [0.2, 0.25) is 0 Å². The Kier molecular flexibility index (Phi) is 3.11. The molecule has 5 nitrogen and oxygen atoms in total. The molecule has 94 valence electrons. The van der Waals surface area contributed by atoms with Crippen LogP contribution in [0.1, 0.15) is 33.1 Å². The van der Waals surface area contributed by atoms with Gasteiger partial charge in [0, 0.05) is 6.26 Å². The minimum Gasteiger partial charge on any atom is -0.481 e. The normalized spacial score (nSPS) is 31.6. The van der Waals surface area contributed by atoms with Crippen LogP contribution in [-0.4, -0.2) is 41.7 Å². The minimum absolute atomic E-state index is 0.212. The van der Waals surface area contributed by atoms with Gasteiger partial charge in [0.2, 0.25) is 0 Å². The summed E-state index contributed by atoms with van der Waals surface area (Å²) in [6.45, 7) is 2.75. The smallest absolute Gasteiger partial charge is 0.312 e. The fourth-order valence-electron chi connectivity index (χ4n) is 2.43. The Morgan fingerprint density at radius 1 is 1.44 bits per heavy atom. The van der Waals surface area contributed by atoms with Crippen LogP contribution in [0.3, 0.4) is 0 Å². The van der Waals surface area contributed by atoms with Crippen molar-refractivity contribution in [2.24, 2.45) is 5.41 Å². The molecule has 0 aromatic heterocycles. The Bertz CT molecular complexity index is 397. The van der Waals surface area contributed by atoms with Crippen molar-refractivity contribution in [3.63, 3.8) is 0 Å². The minimum atomic E-state index is -3.44. The molecule has 0 amide bonds. The van der Waals surface area contributed by atoms with Crippen molar-refractivity contribution in [3.8, 4) is 0 Å². The summed E-state index contributed by atoms with van der Waals surface area (Å²) in [5, 5.41) is 18.5. The maximum absolute atomic E-state index is 11.6. The third-order valence-electron chi connectivity index (χ3n) is 3.69. The number of aliphatic hydroxyl groups is 1. The van der Waals surface area contributed by atoms with Gasteiger partial charge in [-0.3, -0.25) is 4.79 Å². The van der Waals surface area contributed by atoms with Crippen LogP contribution < -0.4 is 0 Å². The standard InChI is InChI=1S/C10H18O5S/c1-9(2,8(11)12)10(13)6-4-5-7(10)16(3,14)15/h7,13H,4-6H2,1-3H3,(H,11,12). The molecule has 2 N–H and O–H groups in total. The number of hydrogen-bond donors (Lipinski definition) is 2. The highest BCUT2D eigenvalue weighted by Gasteiger charge is 2.59. The predicted molar refractivity (Wildman–Crippen MR) is 58.8 cm³/mol. The summed E-state index contributed by atoms with van der Waals surface area (Å²) in [6, 6.07) is 0. The molecule has 6 heteroatoms. The van der Waals surface area contributed by atoms with Crippen LogP contribution in [0.4, 0.5) is 0 Å². The number of carbonyl (C=O) groups is 1. The Hall–Kier alpha value is -0.620. The lowest BCUT2D eigenvalue weighted by molar-refractivity contribution is -0.163. The van der Waals surface area contributed by atoms with E-state index in [4.69, 9.17) is 5.11 Å². The zero-order valence-corrected chi connectivity index (χ0v) is 10.5. The van der Waals surface area contributed by atoms with E-state index >= 15 is 0 Å². The van der Waals surface area contributed by atoms with Gasteiger partial charge in [-0.2, -0.15) is 0 Å². The molecule has 0 aromatic rings. The Morgan fingerprint density at radius 2 is 1.94 bits per heavy atom. The third kappa shape index (κ3) is 1.84. The monoisotopic (exact) mass is 250 g/mol. The summed E-state index contributed by atoms with van der Waals surface area (Å²) in [5.41, 5.74) is -3.14. The first-order valence-corrected chi connectivity index (χ1v) is 7.13. The molecular formula is C10H18O5S. The van der Waals surface area contributed by atoms with E-state index in [1.54, 1.807) is 0 Å².